The van der Waals surface area contributed by atoms with Crippen molar-refractivity contribution in [2.45, 2.75) is 149 Å². The zero-order chi connectivity index (χ0) is 50.4. The average molecular weight is 952 g/mol. The van der Waals surface area contributed by atoms with Crippen molar-refractivity contribution in [1.82, 2.24) is 25.3 Å². The van der Waals surface area contributed by atoms with E-state index in [1.54, 1.807) is 40.0 Å². The van der Waals surface area contributed by atoms with Crippen molar-refractivity contribution < 1.29 is 43.3 Å². The minimum atomic E-state index is -0.964. The number of amides is 5. The van der Waals surface area contributed by atoms with E-state index in [9.17, 15) is 29.1 Å². The van der Waals surface area contributed by atoms with Crippen LogP contribution in [0.5, 0.6) is 0 Å². The largest absolute Gasteiger partial charge is 0.436 e. The number of methoxy groups -OCH3 is 2. The first kappa shape index (κ1) is 53.0. The number of likely N-dealkylation sites (N-methyl/N-ethyl adjacent to an activating group) is 2. The number of piperidine rings is 1. The van der Waals surface area contributed by atoms with Crippen molar-refractivity contribution in [3.05, 3.63) is 95.6 Å². The third-order valence-corrected chi connectivity index (χ3v) is 15.1. The van der Waals surface area contributed by atoms with Crippen molar-refractivity contribution in [2.24, 2.45) is 29.6 Å². The van der Waals surface area contributed by atoms with Crippen LogP contribution in [-0.4, -0.2) is 126 Å². The van der Waals surface area contributed by atoms with Crippen LogP contribution < -0.4 is 10.6 Å². The number of ether oxygens (including phenoxy) is 3. The lowest BCUT2D eigenvalue weighted by atomic mass is 9.89. The molecule has 0 unspecified atom stereocenters. The van der Waals surface area contributed by atoms with Crippen LogP contribution in [0.3, 0.4) is 0 Å². The van der Waals surface area contributed by atoms with Gasteiger partial charge in [0.2, 0.25) is 23.6 Å². The summed E-state index contributed by atoms with van der Waals surface area (Å²) >= 11 is 0. The summed E-state index contributed by atoms with van der Waals surface area (Å²) in [6, 6.07) is 21.5. The molecular weight excluding hydrogens is 875 g/mol. The normalized spacial score (nSPS) is 21.1. The van der Waals surface area contributed by atoms with Crippen LogP contribution in [0.1, 0.15) is 117 Å². The third-order valence-electron chi connectivity index (χ3n) is 15.1. The highest BCUT2D eigenvalue weighted by Crippen LogP contribution is 2.50. The van der Waals surface area contributed by atoms with E-state index >= 15 is 0 Å². The van der Waals surface area contributed by atoms with E-state index in [0.717, 1.165) is 28.7 Å². The first-order chi connectivity index (χ1) is 32.9. The molecule has 1 saturated heterocycles. The molecule has 3 N–H and O–H groups in total. The van der Waals surface area contributed by atoms with Crippen molar-refractivity contribution in [2.75, 3.05) is 27.8 Å². The molecule has 376 valence electrons. The fourth-order valence-corrected chi connectivity index (χ4v) is 11.0. The number of aliphatic hydroxyl groups excluding tert-OH is 1. The average Bonchev–Trinajstić information content (AvgIpc) is 3.90. The maximum Gasteiger partial charge on any atom is 0.411 e. The van der Waals surface area contributed by atoms with E-state index in [0.29, 0.717) is 24.3 Å². The topological polar surface area (TPSA) is 167 Å². The zero-order valence-corrected chi connectivity index (χ0v) is 42.8. The molecule has 12 atom stereocenters. The minimum Gasteiger partial charge on any atom is -0.436 e. The monoisotopic (exact) mass is 952 g/mol. The standard InChI is InChI=1S/C55H77N5O9/c1-13-33(7)48(44(67-11)30-45(61)60-42-28-37(42)29-43(60)50(68-12)34(8)52(63)56-35(9)49(62)36-22-16-15-17-23-36)58(10)54(65)46(31(3)4)57-53(64)47(32(5)6)59(14-2)55(66)69-51-40-26-20-18-24-38(40)39-25-19-21-27-41(39)51/h15-27,31-35,37,42-44,46-51,62H,13-14,28-30H2,1-12H3,(H,56,63)(H,57,64)/t33-,34+,35+,37-,42-,43-,44+,46-,47-,48-,49+,50+/m0/s1. The number of hydrogen-bond donors (Lipinski definition) is 3. The number of carbonyl (C=O) groups is 5. The van der Waals surface area contributed by atoms with Gasteiger partial charge in [0.1, 0.15) is 12.1 Å². The Hall–Kier alpha value is -5.31. The van der Waals surface area contributed by atoms with Gasteiger partial charge in [-0.25, -0.2) is 4.79 Å². The van der Waals surface area contributed by atoms with Gasteiger partial charge in [0, 0.05) is 45.0 Å². The van der Waals surface area contributed by atoms with Gasteiger partial charge < -0.3 is 39.8 Å². The molecule has 0 spiro atoms. The van der Waals surface area contributed by atoms with Gasteiger partial charge in [-0.05, 0) is 67.1 Å². The molecule has 2 aliphatic carbocycles. The van der Waals surface area contributed by atoms with Crippen molar-refractivity contribution in [3.8, 4) is 11.1 Å². The van der Waals surface area contributed by atoms with E-state index in [1.165, 1.54) is 4.90 Å². The summed E-state index contributed by atoms with van der Waals surface area (Å²) in [5.74, 6) is -2.33. The van der Waals surface area contributed by atoms with E-state index in [-0.39, 0.29) is 60.5 Å². The molecule has 2 fully saturated rings. The Morgan fingerprint density at radius 1 is 0.768 bits per heavy atom. The van der Waals surface area contributed by atoms with Crippen LogP contribution in [0.4, 0.5) is 4.79 Å². The predicted octanol–water partition coefficient (Wildman–Crippen LogP) is 7.54. The molecular formula is C55H77N5O9. The molecule has 0 bridgehead atoms. The van der Waals surface area contributed by atoms with Crippen LogP contribution in [0.25, 0.3) is 11.1 Å². The summed E-state index contributed by atoms with van der Waals surface area (Å²) in [5.41, 5.74) is 4.46. The summed E-state index contributed by atoms with van der Waals surface area (Å²) in [5, 5.41) is 17.0. The molecule has 1 heterocycles. The van der Waals surface area contributed by atoms with E-state index in [2.05, 4.69) is 10.6 Å². The van der Waals surface area contributed by atoms with Gasteiger partial charge in [-0.3, -0.25) is 24.1 Å². The fourth-order valence-electron chi connectivity index (χ4n) is 11.0. The number of carbonyl (C=O) groups excluding carboxylic acids is 5. The number of fused-ring (bicyclic) bond motifs is 4. The second kappa shape index (κ2) is 23.1. The van der Waals surface area contributed by atoms with Gasteiger partial charge in [0.15, 0.2) is 6.10 Å². The second-order valence-electron chi connectivity index (χ2n) is 20.3. The van der Waals surface area contributed by atoms with Crippen LogP contribution in [0.2, 0.25) is 0 Å². The molecule has 5 amide bonds. The van der Waals surface area contributed by atoms with Gasteiger partial charge in [-0.15, -0.1) is 0 Å². The van der Waals surface area contributed by atoms with Crippen LogP contribution >= 0.6 is 0 Å². The highest BCUT2D eigenvalue weighted by Gasteiger charge is 2.57. The lowest BCUT2D eigenvalue weighted by molar-refractivity contribution is -0.149. The molecule has 1 aliphatic heterocycles. The summed E-state index contributed by atoms with van der Waals surface area (Å²) in [6.45, 7) is 17.1. The predicted molar refractivity (Wildman–Crippen MR) is 266 cm³/mol. The zero-order valence-electron chi connectivity index (χ0n) is 42.8. The first-order valence-corrected chi connectivity index (χ1v) is 25.0. The Labute approximate surface area is 409 Å². The highest BCUT2D eigenvalue weighted by atomic mass is 16.6. The Morgan fingerprint density at radius 3 is 1.90 bits per heavy atom. The summed E-state index contributed by atoms with van der Waals surface area (Å²) in [4.78, 5) is 76.9. The molecule has 3 aliphatic rings. The first-order valence-electron chi connectivity index (χ1n) is 25.0. The van der Waals surface area contributed by atoms with Gasteiger partial charge >= 0.3 is 6.09 Å². The Balaban J connectivity index is 1.15. The fraction of sp³-hybridized carbons (Fsp3) is 0.582. The van der Waals surface area contributed by atoms with Crippen molar-refractivity contribution in [3.63, 3.8) is 0 Å². The molecule has 3 aromatic rings. The summed E-state index contributed by atoms with van der Waals surface area (Å²) < 4.78 is 18.4. The smallest absolute Gasteiger partial charge is 0.411 e. The molecule has 6 rings (SSSR count). The minimum absolute atomic E-state index is 0.0161. The molecule has 3 aromatic carbocycles. The van der Waals surface area contributed by atoms with Gasteiger partial charge in [0.25, 0.3) is 0 Å². The van der Waals surface area contributed by atoms with Gasteiger partial charge in [-0.2, -0.15) is 0 Å². The summed E-state index contributed by atoms with van der Waals surface area (Å²) in [6.07, 6.45) is -1.25. The summed E-state index contributed by atoms with van der Waals surface area (Å²) in [7, 11) is 4.82. The number of likely N-dealkylation sites (tertiary alicyclic amines) is 1. The van der Waals surface area contributed by atoms with Crippen LogP contribution in [-0.2, 0) is 33.4 Å². The van der Waals surface area contributed by atoms with Crippen molar-refractivity contribution >= 4 is 29.7 Å². The molecule has 14 nitrogen and oxygen atoms in total. The SMILES string of the molecule is CC[C@H](C)[C@@H]([C@@H](CC(=O)N1[C@H]2C[C@H]2C[C@H]1[C@H](OC)[C@@H](C)C(=O)N[C@H](C)[C@@H](O)c1ccccc1)OC)N(C)C(=O)[C@@H](NC(=O)[C@H](C(C)C)N(CC)C(=O)OC1c2ccccc2-c2ccccc21)C(C)C. The second-order valence-corrected chi connectivity index (χ2v) is 20.3. The van der Waals surface area contributed by atoms with Crippen LogP contribution in [0.15, 0.2) is 78.9 Å². The van der Waals surface area contributed by atoms with Crippen LogP contribution in [0, 0.1) is 29.6 Å². The molecule has 1 saturated carbocycles. The molecule has 69 heavy (non-hydrogen) atoms. The van der Waals surface area contributed by atoms with Crippen molar-refractivity contribution in [1.29, 1.82) is 0 Å². The highest BCUT2D eigenvalue weighted by molar-refractivity contribution is 5.92. The lowest BCUT2D eigenvalue weighted by Crippen LogP contribution is -2.60. The van der Waals surface area contributed by atoms with E-state index in [1.807, 2.05) is 132 Å². The number of nitrogens with zero attached hydrogens (tertiary/aromatic N) is 3. The van der Waals surface area contributed by atoms with Gasteiger partial charge in [-0.1, -0.05) is 134 Å². The number of hydrogen-bond acceptors (Lipinski definition) is 9. The van der Waals surface area contributed by atoms with E-state index < -0.39 is 66.5 Å². The van der Waals surface area contributed by atoms with E-state index in [4.69, 9.17) is 14.2 Å². The number of benzene rings is 3. The number of rotatable bonds is 22. The maximum atomic E-state index is 14.8. The van der Waals surface area contributed by atoms with Gasteiger partial charge in [0.05, 0.1) is 48.8 Å². The maximum absolute atomic E-state index is 14.8. The Morgan fingerprint density at radius 2 is 1.36 bits per heavy atom. The number of aliphatic hydroxyl groups is 1. The molecule has 0 radical (unpaired) electrons. The quantitative estimate of drug-likeness (QED) is 0.0923. The number of nitrogens with one attached hydrogen (secondary N) is 2. The molecule has 14 heteroatoms. The Bertz CT molecular complexity index is 2210. The Kier molecular flexibility index (Phi) is 17.7. The lowest BCUT2D eigenvalue weighted by Gasteiger charge is -2.41. The third kappa shape index (κ3) is 11.3. The molecule has 0 aromatic heterocycles.